The molecule has 2 rings (SSSR count). The Bertz CT molecular complexity index is 621. The molecule has 0 saturated heterocycles. The van der Waals surface area contributed by atoms with E-state index in [0.29, 0.717) is 5.92 Å². The zero-order valence-corrected chi connectivity index (χ0v) is 14.4. The van der Waals surface area contributed by atoms with E-state index in [1.807, 2.05) is 18.2 Å². The second kappa shape index (κ2) is 9.92. The van der Waals surface area contributed by atoms with Crippen molar-refractivity contribution >= 4 is 10.1 Å². The number of halogens is 3. The summed E-state index contributed by atoms with van der Waals surface area (Å²) in [5.74, 6) is 0.659. The second-order valence-electron chi connectivity index (χ2n) is 4.70. The van der Waals surface area contributed by atoms with Gasteiger partial charge in [-0.25, -0.2) is 8.42 Å². The van der Waals surface area contributed by atoms with E-state index >= 15 is 0 Å². The van der Waals surface area contributed by atoms with Crippen molar-refractivity contribution in [2.75, 3.05) is 0 Å². The van der Waals surface area contributed by atoms with Crippen molar-refractivity contribution in [3.63, 3.8) is 0 Å². The molecule has 8 heteroatoms. The van der Waals surface area contributed by atoms with Crippen LogP contribution in [0.2, 0.25) is 0 Å². The monoisotopic (exact) mass is 390 g/mol. The summed E-state index contributed by atoms with van der Waals surface area (Å²) in [6.45, 7) is 4.41. The molecule has 0 atom stereocenters. The quantitative estimate of drug-likeness (QED) is 0.410. The summed E-state index contributed by atoms with van der Waals surface area (Å²) in [6, 6.07) is 10.5. The Hall–Kier alpha value is -1.08. The Morgan fingerprint density at radius 2 is 1.65 bits per heavy atom. The molecule has 0 fully saturated rings. The van der Waals surface area contributed by atoms with Gasteiger partial charge in [-0.15, -0.1) is 0 Å². The van der Waals surface area contributed by atoms with Gasteiger partial charge in [0.15, 0.2) is 10.1 Å². The molecule has 0 heterocycles. The first-order valence-electron chi connectivity index (χ1n) is 6.52. The third-order valence-electron chi connectivity index (χ3n) is 2.47. The minimum atomic E-state index is -6.09. The van der Waals surface area contributed by atoms with Gasteiger partial charge < -0.3 is 4.55 Å². The molecule has 23 heavy (non-hydrogen) atoms. The van der Waals surface area contributed by atoms with Crippen molar-refractivity contribution in [1.29, 1.82) is 0 Å². The van der Waals surface area contributed by atoms with Gasteiger partial charge in [0.05, 0.1) is 0 Å². The topological polar surface area (TPSA) is 57.2 Å². The normalized spacial score (nSPS) is 13.7. The van der Waals surface area contributed by atoms with Crippen LogP contribution in [0.4, 0.5) is 13.2 Å². The molecule has 0 amide bonds. The fourth-order valence-corrected chi connectivity index (χ4v) is 1.49. The number of alkyl halides is 3. The zero-order chi connectivity index (χ0) is 18.1. The molecule has 1 aliphatic carbocycles. The van der Waals surface area contributed by atoms with E-state index in [2.05, 4.69) is 60.2 Å². The molecule has 3 nitrogen and oxygen atoms in total. The first-order chi connectivity index (χ1) is 10.4. The summed E-state index contributed by atoms with van der Waals surface area (Å²) >= 11 is 3.74. The van der Waals surface area contributed by atoms with E-state index in [9.17, 15) is 13.2 Å². The molecule has 0 radical (unpaired) electrons. The molecular weight excluding hydrogens is 373 g/mol. The number of benzene rings is 1. The van der Waals surface area contributed by atoms with Crippen LogP contribution in [0.1, 0.15) is 31.7 Å². The maximum atomic E-state index is 10.7. The van der Waals surface area contributed by atoms with Crippen molar-refractivity contribution < 1.29 is 42.2 Å². The van der Waals surface area contributed by atoms with Crippen molar-refractivity contribution in [3.05, 3.63) is 58.6 Å². The average molecular weight is 390 g/mol. The summed E-state index contributed by atoms with van der Waals surface area (Å²) in [4.78, 5) is 0. The van der Waals surface area contributed by atoms with E-state index in [0.717, 1.165) is 6.42 Å². The average Bonchev–Trinajstić information content (AvgIpc) is 2.90. The first kappa shape index (κ1) is 21.9. The fraction of sp³-hybridized carbons (Fsp3) is 0.333. The Morgan fingerprint density at radius 1 is 1.17 bits per heavy atom. The van der Waals surface area contributed by atoms with Crippen LogP contribution in [0, 0.1) is 0 Å². The number of hydrogen-bond acceptors (Lipinski definition) is 3. The summed E-state index contributed by atoms with van der Waals surface area (Å²) in [5.41, 5.74) is -4.23. The molecule has 0 N–H and O–H groups in total. The summed E-state index contributed by atoms with van der Waals surface area (Å²) in [5, 5.41) is 0. The Kier molecular flexibility index (Phi) is 9.46. The van der Waals surface area contributed by atoms with Crippen LogP contribution < -0.4 is 0 Å². The van der Waals surface area contributed by atoms with E-state index in [-0.39, 0.29) is 0 Å². The fourth-order valence-electron chi connectivity index (χ4n) is 1.25. The van der Waals surface area contributed by atoms with Crippen LogP contribution >= 0.6 is 0 Å². The van der Waals surface area contributed by atoms with Gasteiger partial charge in [-0.05, 0) is 11.5 Å². The van der Waals surface area contributed by atoms with Gasteiger partial charge in [0.25, 0.3) is 0 Å². The van der Waals surface area contributed by atoms with Gasteiger partial charge >= 0.3 is 50.6 Å². The van der Waals surface area contributed by atoms with Crippen molar-refractivity contribution in [2.24, 2.45) is 0 Å². The van der Waals surface area contributed by atoms with Crippen LogP contribution in [-0.4, -0.2) is 18.5 Å². The van der Waals surface area contributed by atoms with E-state index in [1.54, 1.807) is 0 Å². The van der Waals surface area contributed by atoms with Gasteiger partial charge in [0.2, 0.25) is 0 Å². The predicted octanol–water partition coefficient (Wildman–Crippen LogP) is 4.24. The van der Waals surface area contributed by atoms with Crippen LogP contribution in [0.3, 0.4) is 0 Å². The standard InChI is InChI=1S/C9H12.C5H5.CHF3O3S.Fe/c1-8(2)9-6-4-3-5-7-9;1-2-4-5-3-1;2-1(3,4)8(5,6)7;/h3-8H,1-2H3;1-3H,4H2;(H,5,6,7);/q;;;+1/p-1. The summed E-state index contributed by atoms with van der Waals surface area (Å²) in [6.07, 6.45) is 7.21. The number of hydrogen-bond donors (Lipinski definition) is 0. The molecule has 1 aromatic rings. The van der Waals surface area contributed by atoms with E-state index in [1.165, 1.54) is 10.0 Å². The molecule has 1 aromatic carbocycles. The Labute approximate surface area is 142 Å². The van der Waals surface area contributed by atoms with Crippen molar-refractivity contribution in [1.82, 2.24) is 0 Å². The van der Waals surface area contributed by atoms with Gasteiger partial charge in [0.1, 0.15) is 0 Å². The summed E-state index contributed by atoms with van der Waals surface area (Å²) < 4.78 is 60.1. The maximum absolute atomic E-state index is 10.7. The first-order valence-corrected chi connectivity index (χ1v) is 8.48. The SMILES string of the molecule is CC(C)c1ccccc1.O=S(=O)([O-])C(F)(F)F.[Fe+][C]1=CC=CC1. The molecule has 1 aliphatic rings. The number of rotatable bonds is 1. The van der Waals surface area contributed by atoms with Crippen molar-refractivity contribution in [3.8, 4) is 0 Å². The van der Waals surface area contributed by atoms with Gasteiger partial charge in [-0.1, -0.05) is 44.2 Å². The van der Waals surface area contributed by atoms with Gasteiger partial charge in [-0.3, -0.25) is 0 Å². The molecule has 0 bridgehead atoms. The van der Waals surface area contributed by atoms with Gasteiger partial charge in [-0.2, -0.15) is 13.2 Å². The third-order valence-corrected chi connectivity index (χ3v) is 3.44. The van der Waals surface area contributed by atoms with Crippen LogP contribution in [0.15, 0.2) is 53.0 Å². The van der Waals surface area contributed by atoms with E-state index < -0.39 is 15.6 Å². The molecule has 130 valence electrons. The zero-order valence-electron chi connectivity index (χ0n) is 12.5. The molecular formula is C15H17F3FeO3S. The Balaban J connectivity index is 0.000000322. The van der Waals surface area contributed by atoms with Crippen LogP contribution in [0.25, 0.3) is 0 Å². The van der Waals surface area contributed by atoms with Crippen molar-refractivity contribution in [2.45, 2.75) is 31.7 Å². The van der Waals surface area contributed by atoms with Crippen LogP contribution in [-0.2, 0) is 26.1 Å². The minimum absolute atomic E-state index is 0.659. The Morgan fingerprint density at radius 3 is 1.83 bits per heavy atom. The molecule has 0 saturated carbocycles. The molecule has 0 unspecified atom stereocenters. The molecule has 0 aliphatic heterocycles. The molecule has 0 aromatic heterocycles. The third kappa shape index (κ3) is 10.3. The predicted molar refractivity (Wildman–Crippen MR) is 78.1 cm³/mol. The van der Waals surface area contributed by atoms with E-state index in [4.69, 9.17) is 13.0 Å². The second-order valence-corrected chi connectivity index (χ2v) is 6.78. The molecule has 0 spiro atoms. The van der Waals surface area contributed by atoms with Gasteiger partial charge in [0, 0.05) is 0 Å². The number of allylic oxidation sites excluding steroid dienone is 4. The summed E-state index contributed by atoms with van der Waals surface area (Å²) in [7, 11) is -6.09. The van der Waals surface area contributed by atoms with Crippen LogP contribution in [0.5, 0.6) is 0 Å².